The summed E-state index contributed by atoms with van der Waals surface area (Å²) in [6.07, 6.45) is -0.253. The maximum atomic E-state index is 11.8. The van der Waals surface area contributed by atoms with Crippen molar-refractivity contribution in [3.8, 4) is 11.5 Å². The number of benzene rings is 2. The minimum absolute atomic E-state index is 0.0616. The molecule has 0 saturated heterocycles. The molecule has 0 aliphatic heterocycles. The van der Waals surface area contributed by atoms with E-state index in [-0.39, 0.29) is 23.2 Å². The van der Waals surface area contributed by atoms with Gasteiger partial charge in [-0.15, -0.1) is 0 Å². The molecule has 2 aromatic rings. The number of rotatable bonds is 2. The van der Waals surface area contributed by atoms with E-state index in [2.05, 4.69) is 0 Å². The number of hydrogen-bond acceptors (Lipinski definition) is 4. The predicted molar refractivity (Wildman–Crippen MR) is 67.8 cm³/mol. The van der Waals surface area contributed by atoms with Crippen LogP contribution in [0.4, 0.5) is 0 Å². The minimum Gasteiger partial charge on any atom is -0.507 e. The van der Waals surface area contributed by atoms with Crippen LogP contribution in [-0.2, 0) is 4.74 Å². The summed E-state index contributed by atoms with van der Waals surface area (Å²) < 4.78 is 5.03. The van der Waals surface area contributed by atoms with Crippen LogP contribution in [0.5, 0.6) is 11.5 Å². The molecule has 0 aliphatic rings. The van der Waals surface area contributed by atoms with Gasteiger partial charge in [0.05, 0.1) is 6.10 Å². The lowest BCUT2D eigenvalue weighted by atomic mass is 10.1. The fourth-order valence-corrected chi connectivity index (χ4v) is 1.74. The second-order valence-electron chi connectivity index (χ2n) is 4.32. The predicted octanol–water partition coefficient (Wildman–Crippen LogP) is 2.82. The van der Waals surface area contributed by atoms with E-state index >= 15 is 0 Å². The molecule has 0 saturated carbocycles. The number of phenolic OH excluding ortho intramolecular Hbond substituents is 2. The number of carbonyl (C=O) groups excluding carboxylic acids is 1. The van der Waals surface area contributed by atoms with Crippen LogP contribution in [-0.4, -0.2) is 22.3 Å². The molecule has 0 spiro atoms. The lowest BCUT2D eigenvalue weighted by molar-refractivity contribution is 0.0375. The summed E-state index contributed by atoms with van der Waals surface area (Å²) in [5, 5.41) is 20.6. The van der Waals surface area contributed by atoms with E-state index in [1.54, 1.807) is 26.0 Å². The van der Waals surface area contributed by atoms with Gasteiger partial charge in [0, 0.05) is 5.39 Å². The van der Waals surface area contributed by atoms with Crippen molar-refractivity contribution in [1.82, 2.24) is 0 Å². The number of phenols is 2. The Labute approximate surface area is 104 Å². The van der Waals surface area contributed by atoms with Gasteiger partial charge in [-0.05, 0) is 37.4 Å². The van der Waals surface area contributed by atoms with Crippen LogP contribution in [0.1, 0.15) is 24.2 Å². The van der Waals surface area contributed by atoms with E-state index in [1.807, 2.05) is 0 Å². The van der Waals surface area contributed by atoms with Crippen LogP contribution in [0.25, 0.3) is 10.8 Å². The zero-order valence-corrected chi connectivity index (χ0v) is 10.2. The zero-order chi connectivity index (χ0) is 13.3. The largest absolute Gasteiger partial charge is 0.507 e. The highest BCUT2D eigenvalue weighted by molar-refractivity contribution is 6.00. The van der Waals surface area contributed by atoms with Crippen molar-refractivity contribution < 1.29 is 19.7 Å². The van der Waals surface area contributed by atoms with Gasteiger partial charge in [-0.25, -0.2) is 4.79 Å². The summed E-state index contributed by atoms with van der Waals surface area (Å²) in [7, 11) is 0. The fourth-order valence-electron chi connectivity index (χ4n) is 1.74. The molecule has 2 aromatic carbocycles. The summed E-state index contributed by atoms with van der Waals surface area (Å²) >= 11 is 0. The van der Waals surface area contributed by atoms with Crippen molar-refractivity contribution in [2.45, 2.75) is 20.0 Å². The highest BCUT2D eigenvalue weighted by atomic mass is 16.5. The Morgan fingerprint density at radius 2 is 1.89 bits per heavy atom. The number of hydrogen-bond donors (Lipinski definition) is 2. The van der Waals surface area contributed by atoms with E-state index in [4.69, 9.17) is 4.74 Å². The number of esters is 1. The first kappa shape index (κ1) is 12.2. The Bertz CT molecular complexity index is 602. The quantitative estimate of drug-likeness (QED) is 0.799. The van der Waals surface area contributed by atoms with Gasteiger partial charge >= 0.3 is 5.97 Å². The molecule has 0 fully saturated rings. The molecule has 0 bridgehead atoms. The van der Waals surface area contributed by atoms with Gasteiger partial charge < -0.3 is 14.9 Å². The average Bonchev–Trinajstić information content (AvgIpc) is 2.28. The zero-order valence-electron chi connectivity index (χ0n) is 10.2. The molecule has 18 heavy (non-hydrogen) atoms. The van der Waals surface area contributed by atoms with Crippen molar-refractivity contribution in [2.75, 3.05) is 0 Å². The fraction of sp³-hybridized carbons (Fsp3) is 0.214. The van der Waals surface area contributed by atoms with E-state index in [0.29, 0.717) is 10.8 Å². The normalized spacial score (nSPS) is 10.8. The molecule has 0 amide bonds. The van der Waals surface area contributed by atoms with Crippen LogP contribution >= 0.6 is 0 Å². The standard InChI is InChI=1S/C14H14O4/c1-8(2)18-14(17)11-6-9-4-3-5-12(15)10(9)7-13(11)16/h3-8,15-16H,1-2H3. The van der Waals surface area contributed by atoms with E-state index in [1.165, 1.54) is 18.2 Å². The lowest BCUT2D eigenvalue weighted by Gasteiger charge is -2.10. The summed E-state index contributed by atoms with van der Waals surface area (Å²) in [5.74, 6) is -0.714. The lowest BCUT2D eigenvalue weighted by Crippen LogP contribution is -2.11. The first-order valence-electron chi connectivity index (χ1n) is 5.64. The minimum atomic E-state index is -0.576. The molecule has 94 valence electrons. The molecule has 4 nitrogen and oxygen atoms in total. The molecule has 0 radical (unpaired) electrons. The van der Waals surface area contributed by atoms with Gasteiger partial charge in [0.2, 0.25) is 0 Å². The summed E-state index contributed by atoms with van der Waals surface area (Å²) in [5.41, 5.74) is 0.0989. The van der Waals surface area contributed by atoms with Crippen molar-refractivity contribution in [3.63, 3.8) is 0 Å². The second kappa shape index (κ2) is 4.56. The van der Waals surface area contributed by atoms with Gasteiger partial charge in [-0.2, -0.15) is 0 Å². The number of ether oxygens (including phenoxy) is 1. The first-order chi connectivity index (χ1) is 8.49. The molecule has 4 heteroatoms. The summed E-state index contributed by atoms with van der Waals surface area (Å²) in [6, 6.07) is 7.82. The van der Waals surface area contributed by atoms with E-state index in [0.717, 1.165) is 0 Å². The SMILES string of the molecule is CC(C)OC(=O)c1cc2cccc(O)c2cc1O. The van der Waals surface area contributed by atoms with Gasteiger partial charge in [0.25, 0.3) is 0 Å². The smallest absolute Gasteiger partial charge is 0.342 e. The topological polar surface area (TPSA) is 66.8 Å². The Morgan fingerprint density at radius 3 is 2.56 bits per heavy atom. The van der Waals surface area contributed by atoms with Gasteiger partial charge in [0.15, 0.2) is 0 Å². The van der Waals surface area contributed by atoms with Gasteiger partial charge in [-0.1, -0.05) is 12.1 Å². The van der Waals surface area contributed by atoms with E-state index in [9.17, 15) is 15.0 Å². The highest BCUT2D eigenvalue weighted by Crippen LogP contribution is 2.31. The Morgan fingerprint density at radius 1 is 1.17 bits per heavy atom. The second-order valence-corrected chi connectivity index (χ2v) is 4.32. The molecular weight excluding hydrogens is 232 g/mol. The van der Waals surface area contributed by atoms with Crippen molar-refractivity contribution in [3.05, 3.63) is 35.9 Å². The summed E-state index contributed by atoms with van der Waals surface area (Å²) in [4.78, 5) is 11.8. The molecule has 0 heterocycles. The Balaban J connectivity index is 2.53. The van der Waals surface area contributed by atoms with Crippen molar-refractivity contribution in [2.24, 2.45) is 0 Å². The van der Waals surface area contributed by atoms with Crippen LogP contribution in [0.15, 0.2) is 30.3 Å². The van der Waals surface area contributed by atoms with Gasteiger partial charge in [0.1, 0.15) is 17.1 Å². The van der Waals surface area contributed by atoms with Crippen LogP contribution in [0.3, 0.4) is 0 Å². The van der Waals surface area contributed by atoms with Crippen LogP contribution in [0.2, 0.25) is 0 Å². The van der Waals surface area contributed by atoms with E-state index < -0.39 is 5.97 Å². The molecule has 0 aromatic heterocycles. The summed E-state index contributed by atoms with van der Waals surface area (Å²) in [6.45, 7) is 3.48. The maximum Gasteiger partial charge on any atom is 0.342 e. The number of fused-ring (bicyclic) bond motifs is 1. The molecular formula is C14H14O4. The first-order valence-corrected chi connectivity index (χ1v) is 5.64. The third-order valence-electron chi connectivity index (χ3n) is 2.54. The van der Waals surface area contributed by atoms with Crippen LogP contribution < -0.4 is 0 Å². The van der Waals surface area contributed by atoms with Crippen molar-refractivity contribution in [1.29, 1.82) is 0 Å². The average molecular weight is 246 g/mol. The van der Waals surface area contributed by atoms with Crippen molar-refractivity contribution >= 4 is 16.7 Å². The third kappa shape index (κ3) is 2.22. The molecule has 2 rings (SSSR count). The van der Waals surface area contributed by atoms with Crippen LogP contribution in [0, 0.1) is 0 Å². The molecule has 2 N–H and O–H groups in total. The number of aromatic hydroxyl groups is 2. The Kier molecular flexibility index (Phi) is 3.10. The molecule has 0 atom stereocenters. The molecule has 0 aliphatic carbocycles. The number of carbonyl (C=O) groups is 1. The molecule has 0 unspecified atom stereocenters. The van der Waals surface area contributed by atoms with Gasteiger partial charge in [-0.3, -0.25) is 0 Å². The Hall–Kier alpha value is -2.23. The highest BCUT2D eigenvalue weighted by Gasteiger charge is 2.16. The monoisotopic (exact) mass is 246 g/mol. The maximum absolute atomic E-state index is 11.8. The third-order valence-corrected chi connectivity index (χ3v) is 2.54.